The third-order valence-electron chi connectivity index (χ3n) is 1.62. The molecule has 0 aliphatic rings. The molecule has 0 aliphatic carbocycles. The molecule has 0 aliphatic heterocycles. The van der Waals surface area contributed by atoms with Crippen LogP contribution in [0.1, 0.15) is 0 Å². The summed E-state index contributed by atoms with van der Waals surface area (Å²) in [6.45, 7) is 0.506. The number of nitro groups is 1. The van der Waals surface area contributed by atoms with E-state index in [0.717, 1.165) is 16.8 Å². The van der Waals surface area contributed by atoms with E-state index >= 15 is 0 Å². The highest BCUT2D eigenvalue weighted by molar-refractivity contribution is 7.98. The summed E-state index contributed by atoms with van der Waals surface area (Å²) in [7, 11) is 0. The fourth-order valence-corrected chi connectivity index (χ4v) is 1.25. The summed E-state index contributed by atoms with van der Waals surface area (Å²) in [5, 5.41) is 16.4. The van der Waals surface area contributed by atoms with Gasteiger partial charge in [0.1, 0.15) is 6.54 Å². The van der Waals surface area contributed by atoms with Gasteiger partial charge < -0.3 is 15.4 Å². The van der Waals surface area contributed by atoms with Crippen LogP contribution in [0.4, 0.5) is 5.95 Å². The minimum atomic E-state index is -0.706. The molecule has 88 valence electrons. The van der Waals surface area contributed by atoms with Crippen molar-refractivity contribution in [1.82, 2.24) is 20.1 Å². The summed E-state index contributed by atoms with van der Waals surface area (Å²) in [5.41, 5.74) is 0. The van der Waals surface area contributed by atoms with Gasteiger partial charge in [-0.25, -0.2) is 0 Å². The van der Waals surface area contributed by atoms with E-state index in [4.69, 9.17) is 0 Å². The largest absolute Gasteiger partial charge is 0.490 e. The lowest BCUT2D eigenvalue weighted by molar-refractivity contribution is -0.394. The molecule has 0 bridgehead atoms. The van der Waals surface area contributed by atoms with Crippen LogP contribution in [0.5, 0.6) is 0 Å². The van der Waals surface area contributed by atoms with Gasteiger partial charge in [0.2, 0.25) is 12.2 Å². The van der Waals surface area contributed by atoms with Gasteiger partial charge in [0.05, 0.1) is 0 Å². The molecule has 0 unspecified atom stereocenters. The molecule has 8 nitrogen and oxygen atoms in total. The Kier molecular flexibility index (Phi) is 4.70. The molecule has 0 spiro atoms. The normalized spacial score (nSPS) is 10.1. The van der Waals surface area contributed by atoms with E-state index in [-0.39, 0.29) is 12.5 Å². The van der Waals surface area contributed by atoms with E-state index in [2.05, 4.69) is 15.4 Å². The number of carbonyl (C=O) groups is 1. The summed E-state index contributed by atoms with van der Waals surface area (Å²) in [4.78, 5) is 24.3. The van der Waals surface area contributed by atoms with Gasteiger partial charge in [0.15, 0.2) is 0 Å². The van der Waals surface area contributed by atoms with Crippen molar-refractivity contribution in [2.45, 2.75) is 6.54 Å². The van der Waals surface area contributed by atoms with Crippen molar-refractivity contribution < 1.29 is 9.72 Å². The van der Waals surface area contributed by atoms with Crippen LogP contribution in [0.25, 0.3) is 0 Å². The van der Waals surface area contributed by atoms with Gasteiger partial charge in [-0.15, -0.1) is 0 Å². The van der Waals surface area contributed by atoms with E-state index in [9.17, 15) is 14.9 Å². The van der Waals surface area contributed by atoms with Gasteiger partial charge in [-0.05, 0) is 11.2 Å². The topological polar surface area (TPSA) is 103 Å². The molecule has 0 fully saturated rings. The first-order chi connectivity index (χ1) is 7.63. The monoisotopic (exact) mass is 245 g/mol. The number of nitrogens with one attached hydrogen (secondary N) is 1. The van der Waals surface area contributed by atoms with Crippen molar-refractivity contribution in [1.29, 1.82) is 0 Å². The fourth-order valence-electron chi connectivity index (χ4n) is 0.940. The van der Waals surface area contributed by atoms with E-state index in [1.807, 2.05) is 6.26 Å². The van der Waals surface area contributed by atoms with Crippen LogP contribution in [-0.4, -0.2) is 44.1 Å². The first-order valence-corrected chi connectivity index (χ1v) is 5.82. The lowest BCUT2D eigenvalue weighted by atomic mass is 10.5. The Morgan fingerprint density at radius 1 is 1.75 bits per heavy atom. The molecule has 1 amide bonds. The van der Waals surface area contributed by atoms with Crippen molar-refractivity contribution in [2.75, 3.05) is 18.6 Å². The Balaban J connectivity index is 2.40. The van der Waals surface area contributed by atoms with Crippen LogP contribution < -0.4 is 5.32 Å². The van der Waals surface area contributed by atoms with Crippen LogP contribution in [0, 0.1) is 10.1 Å². The molecule has 1 rings (SSSR count). The average molecular weight is 245 g/mol. The Morgan fingerprint density at radius 2 is 2.50 bits per heavy atom. The number of rotatable bonds is 6. The Morgan fingerprint density at radius 3 is 3.06 bits per heavy atom. The molecular weight excluding hydrogens is 234 g/mol. The molecule has 16 heavy (non-hydrogen) atoms. The van der Waals surface area contributed by atoms with Crippen LogP contribution in [0.15, 0.2) is 6.33 Å². The number of hydrogen-bond donors (Lipinski definition) is 1. The Labute approximate surface area is 95.6 Å². The van der Waals surface area contributed by atoms with E-state index in [1.165, 1.54) is 0 Å². The molecule has 0 radical (unpaired) electrons. The first-order valence-electron chi connectivity index (χ1n) is 4.43. The number of hydrogen-bond acceptors (Lipinski definition) is 6. The number of nitrogens with zero attached hydrogens (tertiary/aromatic N) is 4. The van der Waals surface area contributed by atoms with E-state index in [1.54, 1.807) is 11.8 Å². The summed E-state index contributed by atoms with van der Waals surface area (Å²) in [6.07, 6.45) is 3.10. The maximum Gasteiger partial charge on any atom is 0.490 e. The highest BCUT2D eigenvalue weighted by Crippen LogP contribution is 1.99. The Hall–Kier alpha value is -1.64. The van der Waals surface area contributed by atoms with Gasteiger partial charge >= 0.3 is 5.95 Å². The molecule has 0 aromatic carbocycles. The van der Waals surface area contributed by atoms with E-state index in [0.29, 0.717) is 6.54 Å². The second-order valence-corrected chi connectivity index (χ2v) is 3.83. The average Bonchev–Trinajstić information content (AvgIpc) is 2.66. The van der Waals surface area contributed by atoms with Crippen LogP contribution in [0.2, 0.25) is 0 Å². The molecule has 0 saturated heterocycles. The second-order valence-electron chi connectivity index (χ2n) is 2.84. The van der Waals surface area contributed by atoms with Gasteiger partial charge in [-0.1, -0.05) is 4.98 Å². The van der Waals surface area contributed by atoms with Crippen LogP contribution in [0.3, 0.4) is 0 Å². The first kappa shape index (κ1) is 12.4. The quantitative estimate of drug-likeness (QED) is 0.418. The number of thioether (sulfide) groups is 1. The highest BCUT2D eigenvalue weighted by atomic mass is 32.2. The fraction of sp³-hybridized carbons (Fsp3) is 0.571. The maximum atomic E-state index is 11.3. The predicted octanol–water partition coefficient (Wildman–Crippen LogP) is -0.335. The highest BCUT2D eigenvalue weighted by Gasteiger charge is 2.14. The molecule has 1 aromatic heterocycles. The lowest BCUT2D eigenvalue weighted by Crippen LogP contribution is -2.29. The van der Waals surface area contributed by atoms with Gasteiger partial charge in [-0.2, -0.15) is 16.4 Å². The molecule has 0 saturated carbocycles. The molecule has 1 aromatic rings. The van der Waals surface area contributed by atoms with Crippen molar-refractivity contribution in [3.05, 3.63) is 16.4 Å². The second kappa shape index (κ2) is 6.05. The summed E-state index contributed by atoms with van der Waals surface area (Å²) >= 11 is 1.62. The zero-order chi connectivity index (χ0) is 12.0. The SMILES string of the molecule is CSCCNC(=O)Cn1cnc([N+](=O)[O-])n1. The number of amides is 1. The summed E-state index contributed by atoms with van der Waals surface area (Å²) < 4.78 is 1.13. The summed E-state index contributed by atoms with van der Waals surface area (Å²) in [6, 6.07) is 0. The molecule has 1 heterocycles. The molecule has 9 heteroatoms. The van der Waals surface area contributed by atoms with Gasteiger partial charge in [-0.3, -0.25) is 4.79 Å². The van der Waals surface area contributed by atoms with Gasteiger partial charge in [0.25, 0.3) is 0 Å². The smallest absolute Gasteiger partial charge is 0.390 e. The van der Waals surface area contributed by atoms with Crippen molar-refractivity contribution in [3.63, 3.8) is 0 Å². The third-order valence-corrected chi connectivity index (χ3v) is 2.23. The zero-order valence-electron chi connectivity index (χ0n) is 8.62. The Bertz CT molecular complexity index is 380. The molecule has 0 atom stereocenters. The van der Waals surface area contributed by atoms with Crippen LogP contribution in [-0.2, 0) is 11.3 Å². The van der Waals surface area contributed by atoms with E-state index < -0.39 is 10.9 Å². The zero-order valence-corrected chi connectivity index (χ0v) is 9.44. The van der Waals surface area contributed by atoms with Crippen molar-refractivity contribution in [3.8, 4) is 0 Å². The third kappa shape index (κ3) is 3.85. The lowest BCUT2D eigenvalue weighted by Gasteiger charge is -2.01. The standard InChI is InChI=1S/C7H11N5O3S/c1-16-3-2-8-6(13)4-11-5-9-7(10-11)12(14)15/h5H,2-4H2,1H3,(H,8,13). The number of aromatic nitrogens is 3. The minimum absolute atomic E-state index is 0.0603. The van der Waals surface area contributed by atoms with Crippen molar-refractivity contribution >= 4 is 23.6 Å². The minimum Gasteiger partial charge on any atom is -0.390 e. The van der Waals surface area contributed by atoms with Crippen LogP contribution >= 0.6 is 11.8 Å². The van der Waals surface area contributed by atoms with Gasteiger partial charge in [0, 0.05) is 17.4 Å². The maximum absolute atomic E-state index is 11.3. The molecule has 1 N–H and O–H groups in total. The number of carbonyl (C=O) groups excluding carboxylic acids is 1. The van der Waals surface area contributed by atoms with Crippen molar-refractivity contribution in [2.24, 2.45) is 0 Å². The molecular formula is C7H11N5O3S. The predicted molar refractivity (Wildman–Crippen MR) is 58.1 cm³/mol. The summed E-state index contributed by atoms with van der Waals surface area (Å²) in [5.74, 6) is 0.0780.